The van der Waals surface area contributed by atoms with E-state index in [2.05, 4.69) is 30.2 Å². The van der Waals surface area contributed by atoms with E-state index < -0.39 is 0 Å². The molecule has 1 aromatic carbocycles. The number of benzene rings is 1. The topological polar surface area (TPSA) is 43.4 Å². The number of nitrogens with one attached hydrogen (secondary N) is 1. The standard InChI is InChI=1S/C17H22N2O2/c1-12(14-6-5-9-18-11-14)19-13(2)16-10-15(20-3)7-8-17(16)21-4/h5-13,19H,1-4H3/t12-,13?/m0/s1. The Kier molecular flexibility index (Phi) is 5.17. The summed E-state index contributed by atoms with van der Waals surface area (Å²) in [7, 11) is 3.35. The summed E-state index contributed by atoms with van der Waals surface area (Å²) < 4.78 is 10.7. The van der Waals surface area contributed by atoms with Crippen LogP contribution in [0.2, 0.25) is 0 Å². The van der Waals surface area contributed by atoms with Gasteiger partial charge < -0.3 is 14.8 Å². The molecule has 1 unspecified atom stereocenters. The Bertz CT molecular complexity index is 572. The first kappa shape index (κ1) is 15.3. The van der Waals surface area contributed by atoms with E-state index in [0.29, 0.717) is 0 Å². The molecule has 1 heterocycles. The van der Waals surface area contributed by atoms with Crippen LogP contribution in [0.3, 0.4) is 0 Å². The highest BCUT2D eigenvalue weighted by molar-refractivity contribution is 5.42. The zero-order valence-electron chi connectivity index (χ0n) is 13.0. The van der Waals surface area contributed by atoms with Crippen molar-refractivity contribution in [1.82, 2.24) is 10.3 Å². The summed E-state index contributed by atoms with van der Waals surface area (Å²) in [5, 5.41) is 3.56. The average molecular weight is 286 g/mol. The Labute approximate surface area is 126 Å². The molecular weight excluding hydrogens is 264 g/mol. The first-order valence-corrected chi connectivity index (χ1v) is 7.03. The van der Waals surface area contributed by atoms with E-state index in [-0.39, 0.29) is 12.1 Å². The van der Waals surface area contributed by atoms with Crippen molar-refractivity contribution in [2.45, 2.75) is 25.9 Å². The molecule has 4 heteroatoms. The number of nitrogens with zero attached hydrogens (tertiary/aromatic N) is 1. The molecule has 112 valence electrons. The number of pyridine rings is 1. The Morgan fingerprint density at radius 2 is 1.86 bits per heavy atom. The van der Waals surface area contributed by atoms with Crippen molar-refractivity contribution in [3.63, 3.8) is 0 Å². The summed E-state index contributed by atoms with van der Waals surface area (Å²) in [5.74, 6) is 1.68. The molecule has 0 bridgehead atoms. The summed E-state index contributed by atoms with van der Waals surface area (Å²) in [6.07, 6.45) is 3.66. The van der Waals surface area contributed by atoms with Gasteiger partial charge in [0.1, 0.15) is 11.5 Å². The Morgan fingerprint density at radius 1 is 1.05 bits per heavy atom. The third-order valence-electron chi connectivity index (χ3n) is 3.59. The molecule has 0 fully saturated rings. The minimum atomic E-state index is 0.130. The van der Waals surface area contributed by atoms with Gasteiger partial charge >= 0.3 is 0 Å². The molecule has 4 nitrogen and oxygen atoms in total. The number of hydrogen-bond donors (Lipinski definition) is 1. The molecule has 2 rings (SSSR count). The number of aromatic nitrogens is 1. The summed E-state index contributed by atoms with van der Waals surface area (Å²) >= 11 is 0. The summed E-state index contributed by atoms with van der Waals surface area (Å²) in [4.78, 5) is 4.16. The highest BCUT2D eigenvalue weighted by Gasteiger charge is 2.15. The molecule has 0 aliphatic carbocycles. The van der Waals surface area contributed by atoms with Gasteiger partial charge in [-0.05, 0) is 43.7 Å². The molecular formula is C17H22N2O2. The quantitative estimate of drug-likeness (QED) is 0.882. The van der Waals surface area contributed by atoms with Gasteiger partial charge in [0.05, 0.1) is 14.2 Å². The molecule has 0 spiro atoms. The summed E-state index contributed by atoms with van der Waals surface area (Å²) in [6.45, 7) is 4.24. The van der Waals surface area contributed by atoms with E-state index in [1.54, 1.807) is 20.4 Å². The van der Waals surface area contributed by atoms with Crippen molar-refractivity contribution in [3.05, 3.63) is 53.9 Å². The fourth-order valence-electron chi connectivity index (χ4n) is 2.37. The lowest BCUT2D eigenvalue weighted by atomic mass is 10.0. The fraction of sp³-hybridized carbons (Fsp3) is 0.353. The van der Waals surface area contributed by atoms with Gasteiger partial charge in [-0.15, -0.1) is 0 Å². The van der Waals surface area contributed by atoms with Crippen molar-refractivity contribution in [1.29, 1.82) is 0 Å². The average Bonchev–Trinajstić information content (AvgIpc) is 2.54. The number of ether oxygens (including phenoxy) is 2. The second kappa shape index (κ2) is 7.09. The van der Waals surface area contributed by atoms with Gasteiger partial charge in [0, 0.05) is 30.0 Å². The van der Waals surface area contributed by atoms with E-state index in [0.717, 1.165) is 22.6 Å². The van der Waals surface area contributed by atoms with Crippen LogP contribution in [0.4, 0.5) is 0 Å². The van der Waals surface area contributed by atoms with Crippen molar-refractivity contribution in [2.24, 2.45) is 0 Å². The van der Waals surface area contributed by atoms with Crippen LogP contribution >= 0.6 is 0 Å². The van der Waals surface area contributed by atoms with Gasteiger partial charge in [0.25, 0.3) is 0 Å². The maximum absolute atomic E-state index is 5.45. The molecule has 1 N–H and O–H groups in total. The largest absolute Gasteiger partial charge is 0.497 e. The van der Waals surface area contributed by atoms with Crippen LogP contribution in [0, 0.1) is 0 Å². The van der Waals surface area contributed by atoms with Crippen LogP contribution in [0.25, 0.3) is 0 Å². The van der Waals surface area contributed by atoms with Crippen LogP contribution in [-0.4, -0.2) is 19.2 Å². The van der Waals surface area contributed by atoms with E-state index in [4.69, 9.17) is 9.47 Å². The van der Waals surface area contributed by atoms with Gasteiger partial charge in [0.15, 0.2) is 0 Å². The Balaban J connectivity index is 2.18. The Morgan fingerprint density at radius 3 is 2.48 bits per heavy atom. The maximum Gasteiger partial charge on any atom is 0.123 e. The number of methoxy groups -OCH3 is 2. The first-order chi connectivity index (χ1) is 10.2. The second-order valence-corrected chi connectivity index (χ2v) is 5.00. The lowest BCUT2D eigenvalue weighted by molar-refractivity contribution is 0.387. The van der Waals surface area contributed by atoms with Gasteiger partial charge in [-0.3, -0.25) is 4.98 Å². The van der Waals surface area contributed by atoms with Gasteiger partial charge in [-0.25, -0.2) is 0 Å². The van der Waals surface area contributed by atoms with E-state index >= 15 is 0 Å². The third-order valence-corrected chi connectivity index (χ3v) is 3.59. The molecule has 2 atom stereocenters. The smallest absolute Gasteiger partial charge is 0.123 e. The molecule has 21 heavy (non-hydrogen) atoms. The number of rotatable bonds is 6. The highest BCUT2D eigenvalue weighted by Crippen LogP contribution is 2.30. The van der Waals surface area contributed by atoms with Crippen LogP contribution < -0.4 is 14.8 Å². The van der Waals surface area contributed by atoms with Crippen LogP contribution in [-0.2, 0) is 0 Å². The van der Waals surface area contributed by atoms with Crippen molar-refractivity contribution in [2.75, 3.05) is 14.2 Å². The zero-order valence-corrected chi connectivity index (χ0v) is 13.0. The maximum atomic E-state index is 5.45. The molecule has 0 aliphatic heterocycles. The van der Waals surface area contributed by atoms with Crippen molar-refractivity contribution < 1.29 is 9.47 Å². The van der Waals surface area contributed by atoms with E-state index in [9.17, 15) is 0 Å². The van der Waals surface area contributed by atoms with Gasteiger partial charge in [-0.2, -0.15) is 0 Å². The van der Waals surface area contributed by atoms with Gasteiger partial charge in [0.2, 0.25) is 0 Å². The fourth-order valence-corrected chi connectivity index (χ4v) is 2.37. The zero-order chi connectivity index (χ0) is 15.2. The summed E-state index contributed by atoms with van der Waals surface area (Å²) in [5.41, 5.74) is 2.24. The lowest BCUT2D eigenvalue weighted by Gasteiger charge is -2.22. The highest BCUT2D eigenvalue weighted by atomic mass is 16.5. The van der Waals surface area contributed by atoms with Crippen LogP contribution in [0.15, 0.2) is 42.7 Å². The molecule has 1 aromatic heterocycles. The SMILES string of the molecule is COc1ccc(OC)c(C(C)N[C@@H](C)c2cccnc2)c1. The van der Waals surface area contributed by atoms with E-state index in [1.807, 2.05) is 30.5 Å². The normalized spacial score (nSPS) is 13.5. The Hall–Kier alpha value is -2.07. The molecule has 0 aliphatic rings. The van der Waals surface area contributed by atoms with Crippen LogP contribution in [0.5, 0.6) is 11.5 Å². The predicted octanol–water partition coefficient (Wildman–Crippen LogP) is 3.51. The molecule has 0 amide bonds. The second-order valence-electron chi connectivity index (χ2n) is 5.00. The molecule has 2 aromatic rings. The van der Waals surface area contributed by atoms with E-state index in [1.165, 1.54) is 0 Å². The number of hydrogen-bond acceptors (Lipinski definition) is 4. The monoisotopic (exact) mass is 286 g/mol. The third kappa shape index (κ3) is 3.73. The van der Waals surface area contributed by atoms with Crippen LogP contribution in [0.1, 0.15) is 37.1 Å². The minimum Gasteiger partial charge on any atom is -0.497 e. The molecule has 0 saturated carbocycles. The van der Waals surface area contributed by atoms with Gasteiger partial charge in [-0.1, -0.05) is 6.07 Å². The summed E-state index contributed by atoms with van der Waals surface area (Å²) in [6, 6.07) is 10.2. The van der Waals surface area contributed by atoms with Crippen molar-refractivity contribution >= 4 is 0 Å². The predicted molar refractivity (Wildman–Crippen MR) is 83.7 cm³/mol. The minimum absolute atomic E-state index is 0.130. The lowest BCUT2D eigenvalue weighted by Crippen LogP contribution is -2.23. The molecule has 0 radical (unpaired) electrons. The first-order valence-electron chi connectivity index (χ1n) is 7.03. The molecule has 0 saturated heterocycles. The van der Waals surface area contributed by atoms with Crippen molar-refractivity contribution in [3.8, 4) is 11.5 Å².